The molecule has 2 fully saturated rings. The summed E-state index contributed by atoms with van der Waals surface area (Å²) in [4.78, 5) is 51.6. The Kier molecular flexibility index (Phi) is 9.81. The van der Waals surface area contributed by atoms with E-state index in [4.69, 9.17) is 30.7 Å². The minimum Gasteiger partial charge on any atom is -0.388 e. The maximum Gasteiger partial charge on any atom is 0.762 e. The van der Waals surface area contributed by atoms with Gasteiger partial charge in [-0.1, -0.05) is 6.58 Å². The first-order valence-corrected chi connectivity index (χ1v) is 14.2. The largest absolute Gasteiger partial charge is 0.762 e. The van der Waals surface area contributed by atoms with Crippen molar-refractivity contribution in [2.24, 2.45) is 0 Å². The molecule has 45 heavy (non-hydrogen) atoms. The molecule has 0 aromatic carbocycles. The summed E-state index contributed by atoms with van der Waals surface area (Å²) in [6.45, 7) is 4.29. The molecule has 0 saturated carbocycles. The van der Waals surface area contributed by atoms with Crippen LogP contribution in [0.1, 0.15) is 18.2 Å². The first-order valence-electron chi connectivity index (χ1n) is 13.1. The van der Waals surface area contributed by atoms with E-state index in [0.717, 1.165) is 0 Å². The number of aromatic nitrogens is 6. The molecule has 8 atom stereocenters. The van der Waals surface area contributed by atoms with Gasteiger partial charge < -0.3 is 41.2 Å². The summed E-state index contributed by atoms with van der Waals surface area (Å²) < 4.78 is 33.6. The summed E-state index contributed by atoms with van der Waals surface area (Å²) in [7, 11) is -3.06. The zero-order chi connectivity index (χ0) is 32.4. The van der Waals surface area contributed by atoms with Crippen molar-refractivity contribution >= 4 is 37.1 Å². The molecule has 2 saturated heterocycles. The normalized spacial score (nSPS) is 26.8. The fourth-order valence-corrected chi connectivity index (χ4v) is 4.98. The topological polar surface area (TPSA) is 307 Å². The summed E-state index contributed by atoms with van der Waals surface area (Å²) >= 11 is 0. The Bertz CT molecular complexity index is 1670. The van der Waals surface area contributed by atoms with Crippen molar-refractivity contribution in [2.75, 3.05) is 29.6 Å². The number of nitrogens with two attached hydrogens (primary N) is 2. The quantitative estimate of drug-likeness (QED) is 0.0448. The van der Waals surface area contributed by atoms with Crippen LogP contribution in [0, 0.1) is 6.92 Å². The fourth-order valence-electron chi connectivity index (χ4n) is 4.72. The Morgan fingerprint density at radius 2 is 1.84 bits per heavy atom. The second-order valence-corrected chi connectivity index (χ2v) is 10.5. The van der Waals surface area contributed by atoms with Crippen LogP contribution in [0.4, 0.5) is 17.7 Å². The first-order chi connectivity index (χ1) is 21.5. The predicted octanol–water partition coefficient (Wildman–Crippen LogP) is -2.09. The average Bonchev–Trinajstić information content (AvgIpc) is 3.65. The Morgan fingerprint density at radius 1 is 1.11 bits per heavy atom. The van der Waals surface area contributed by atoms with Gasteiger partial charge in [0.05, 0.1) is 27.3 Å². The number of imidazole rings is 1. The van der Waals surface area contributed by atoms with Gasteiger partial charge in [0.1, 0.15) is 43.4 Å². The van der Waals surface area contributed by atoms with E-state index in [9.17, 15) is 29.5 Å². The lowest BCUT2D eigenvalue weighted by molar-refractivity contribution is -0.475. The van der Waals surface area contributed by atoms with E-state index >= 15 is 0 Å². The molecule has 0 amide bonds. The number of rotatable bonds is 13. The molecule has 2 aliphatic heterocycles. The summed E-state index contributed by atoms with van der Waals surface area (Å²) in [5, 5.41) is 35.8. The van der Waals surface area contributed by atoms with Gasteiger partial charge in [-0.05, 0) is 12.0 Å². The number of hydrogen-bond acceptors (Lipinski definition) is 19. The Balaban J connectivity index is 1.04. The minimum absolute atomic E-state index is 0.00849. The monoisotopic (exact) mass is 658 g/mol. The lowest BCUT2D eigenvalue weighted by atomic mass is 10.1. The first kappa shape index (κ1) is 32.5. The van der Waals surface area contributed by atoms with E-state index in [1.54, 1.807) is 0 Å². The third kappa shape index (κ3) is 6.85. The molecule has 5 heterocycles. The smallest absolute Gasteiger partial charge is 0.388 e. The molecule has 244 valence electrons. The summed E-state index contributed by atoms with van der Waals surface area (Å²) in [5.41, 5.74) is 10.4. The minimum atomic E-state index is -3.06. The highest BCUT2D eigenvalue weighted by Crippen LogP contribution is 2.32. The second-order valence-electron chi connectivity index (χ2n) is 9.77. The number of aliphatic hydroxyl groups is 3. The van der Waals surface area contributed by atoms with Gasteiger partial charge in [-0.25, -0.2) is 4.98 Å². The lowest BCUT2D eigenvalue weighted by Gasteiger charge is -2.28. The van der Waals surface area contributed by atoms with Gasteiger partial charge in [0.2, 0.25) is 11.9 Å². The lowest BCUT2D eigenvalue weighted by Crippen LogP contribution is -2.42. The van der Waals surface area contributed by atoms with Crippen molar-refractivity contribution < 1.29 is 53.5 Å². The van der Waals surface area contributed by atoms with Crippen LogP contribution in [-0.4, -0.2) is 94.8 Å². The number of aromatic amines is 2. The number of fused-ring (bicyclic) bond motifs is 1. The number of nitrogens with one attached hydrogen (secondary N) is 2. The maximum atomic E-state index is 12.1. The predicted molar refractivity (Wildman–Crippen MR) is 147 cm³/mol. The number of hydrogen-bond donors (Lipinski definition) is 7. The third-order valence-corrected chi connectivity index (χ3v) is 7.24. The van der Waals surface area contributed by atoms with Crippen molar-refractivity contribution in [3.8, 4) is 0 Å². The van der Waals surface area contributed by atoms with Gasteiger partial charge in [0, 0.05) is 17.2 Å². The van der Waals surface area contributed by atoms with Crippen LogP contribution in [0.5, 0.6) is 0 Å². The van der Waals surface area contributed by atoms with Gasteiger partial charge in [-0.2, -0.15) is 19.7 Å². The molecule has 0 bridgehead atoms. The van der Waals surface area contributed by atoms with Crippen molar-refractivity contribution in [2.45, 2.75) is 56.3 Å². The van der Waals surface area contributed by atoms with Gasteiger partial charge in [-0.15, -0.1) is 0 Å². The van der Waals surface area contributed by atoms with Crippen LogP contribution < -0.4 is 27.5 Å². The van der Waals surface area contributed by atoms with Crippen molar-refractivity contribution in [3.63, 3.8) is 0 Å². The van der Waals surface area contributed by atoms with Gasteiger partial charge in [0.25, 0.3) is 11.1 Å². The summed E-state index contributed by atoms with van der Waals surface area (Å²) in [6, 6.07) is 0. The third-order valence-electron chi connectivity index (χ3n) is 6.83. The molecule has 5 rings (SSSR count). The Morgan fingerprint density at radius 3 is 2.60 bits per heavy atom. The molecular weight excluding hydrogens is 629 g/mol. The number of H-pyrrole nitrogens is 2. The zero-order valence-corrected chi connectivity index (χ0v) is 24.2. The van der Waals surface area contributed by atoms with Crippen LogP contribution in [0.3, 0.4) is 0 Å². The van der Waals surface area contributed by atoms with Crippen LogP contribution in [0.2, 0.25) is 0 Å². The van der Waals surface area contributed by atoms with E-state index in [0.29, 0.717) is 0 Å². The second kappa shape index (κ2) is 13.6. The Hall–Kier alpha value is -3.93. The molecule has 23 heteroatoms. The summed E-state index contributed by atoms with van der Waals surface area (Å²) in [6.07, 6.45) is -5.59. The molecular formula is C22H29N9O13P+. The number of ether oxygens (including phenoxy) is 2. The van der Waals surface area contributed by atoms with E-state index in [1.807, 2.05) is 0 Å². The highest BCUT2D eigenvalue weighted by atomic mass is 31.1. The van der Waals surface area contributed by atoms with Gasteiger partial charge in [-0.3, -0.25) is 24.1 Å². The zero-order valence-electron chi connectivity index (χ0n) is 23.3. The molecule has 0 spiro atoms. The van der Waals surface area contributed by atoms with Crippen molar-refractivity contribution in [1.82, 2.24) is 29.5 Å². The molecule has 0 radical (unpaired) electrons. The van der Waals surface area contributed by atoms with E-state index < -0.39 is 69.0 Å². The highest BCUT2D eigenvalue weighted by molar-refractivity contribution is 7.32. The Labute approximate surface area is 251 Å². The fraction of sp³-hybridized carbons (Fsp3) is 0.500. The standard InChI is InChI=1S/C22H28N9O13P/c1-3-30(15-8(2)17(35)28-21(23)26-15)20-14(34)13(33)11(41-20)6-39-43-45(37)44-42-38-5-9-4-10(32)19(40-9)31-7-25-12-16(31)27-22(24)29-18(12)36/h3,7,9-11,13-14,19-20,32-34H,1,4-6H2,2H3,(H5-,23,24,26,27,28,29,35,36)/p+1/t9-,10-,11+,13?,14?,19?,20+/m0/s1. The van der Waals surface area contributed by atoms with Crippen molar-refractivity contribution in [1.29, 1.82) is 0 Å². The van der Waals surface area contributed by atoms with Crippen LogP contribution in [0.15, 0.2) is 28.7 Å². The number of nitrogens with zero attached hydrogens (tertiary/aromatic N) is 5. The number of aliphatic hydroxyl groups excluding tert-OH is 3. The van der Waals surface area contributed by atoms with E-state index in [2.05, 4.69) is 45.9 Å². The van der Waals surface area contributed by atoms with Gasteiger partial charge in [0.15, 0.2) is 23.6 Å². The van der Waals surface area contributed by atoms with E-state index in [1.165, 1.54) is 28.9 Å². The molecule has 3 aromatic rings. The van der Waals surface area contributed by atoms with Crippen LogP contribution in [-0.2, 0) is 38.2 Å². The molecule has 9 N–H and O–H groups in total. The molecule has 2 aliphatic rings. The van der Waals surface area contributed by atoms with Gasteiger partial charge >= 0.3 is 8.25 Å². The molecule has 4 unspecified atom stereocenters. The highest BCUT2D eigenvalue weighted by Gasteiger charge is 2.47. The SMILES string of the molecule is C=CN(c1nc(N)[nH]c(=O)c1C)[C@@H]1O[C@H](COO[P+](=O)OOOC[C@@H]2C[C@H](O)C(n3cnc4c(=O)[nH]c(N)nc43)O2)C(O)C1O. The summed E-state index contributed by atoms with van der Waals surface area (Å²) in [5.74, 6) is -0.288. The molecule has 0 aliphatic carbocycles. The average molecular weight is 658 g/mol. The van der Waals surface area contributed by atoms with Crippen LogP contribution >= 0.6 is 8.25 Å². The number of nitrogen functional groups attached to an aromatic ring is 2. The van der Waals surface area contributed by atoms with Crippen LogP contribution in [0.25, 0.3) is 11.2 Å². The number of anilines is 3. The van der Waals surface area contributed by atoms with E-state index in [-0.39, 0.29) is 47.5 Å². The van der Waals surface area contributed by atoms with Crippen molar-refractivity contribution in [3.05, 3.63) is 45.4 Å². The molecule has 22 nitrogen and oxygen atoms in total. The molecule has 3 aromatic heterocycles. The maximum absolute atomic E-state index is 12.1.